The van der Waals surface area contributed by atoms with E-state index in [-0.39, 0.29) is 20.5 Å². The minimum atomic E-state index is -4.48. The number of amides is 1. The number of halogens is 6. The predicted molar refractivity (Wildman–Crippen MR) is 83.7 cm³/mol. The molecule has 2 rings (SSSR count). The van der Waals surface area contributed by atoms with Crippen molar-refractivity contribution in [1.29, 1.82) is 0 Å². The molecule has 1 N–H and O–H groups in total. The Labute approximate surface area is 146 Å². The van der Waals surface area contributed by atoms with E-state index in [0.717, 1.165) is 22.9 Å². The van der Waals surface area contributed by atoms with Gasteiger partial charge in [0.05, 0.1) is 28.6 Å². The molecule has 0 aliphatic carbocycles. The number of carbonyl (C=O) groups is 1. The molecule has 0 aliphatic rings. The summed E-state index contributed by atoms with van der Waals surface area (Å²) in [5.74, 6) is -2.03. The summed E-state index contributed by atoms with van der Waals surface area (Å²) in [4.78, 5) is 23.2. The van der Waals surface area contributed by atoms with Crippen LogP contribution in [0.4, 0.5) is 27.6 Å². The Morgan fingerprint density at radius 1 is 1.32 bits per heavy atom. The van der Waals surface area contributed by atoms with Gasteiger partial charge in [-0.3, -0.25) is 9.59 Å². The fourth-order valence-corrected chi connectivity index (χ4v) is 3.27. The van der Waals surface area contributed by atoms with Crippen LogP contribution in [-0.4, -0.2) is 23.3 Å². The van der Waals surface area contributed by atoms with Gasteiger partial charge in [-0.05, 0) is 6.07 Å². The normalized spacial score (nSPS) is 11.6. The number of carbonyl (C=O) groups excluding carboxylic acids is 1. The minimum absolute atomic E-state index is 0.118. The third-order valence-electron chi connectivity index (χ3n) is 2.97. The van der Waals surface area contributed by atoms with Crippen LogP contribution >= 0.6 is 22.9 Å². The van der Waals surface area contributed by atoms with E-state index in [2.05, 4.69) is 5.32 Å². The van der Waals surface area contributed by atoms with E-state index < -0.39 is 43.1 Å². The van der Waals surface area contributed by atoms with Crippen molar-refractivity contribution in [3.63, 3.8) is 0 Å². The van der Waals surface area contributed by atoms with Gasteiger partial charge < -0.3 is 9.88 Å². The number of pyridine rings is 1. The van der Waals surface area contributed by atoms with Crippen LogP contribution in [0, 0.1) is 5.82 Å². The number of anilines is 1. The van der Waals surface area contributed by atoms with E-state index in [1.165, 1.54) is 0 Å². The summed E-state index contributed by atoms with van der Waals surface area (Å²) in [5, 5.41) is 2.03. The first-order valence-corrected chi connectivity index (χ1v) is 7.92. The van der Waals surface area contributed by atoms with Crippen molar-refractivity contribution in [3.05, 3.63) is 49.3 Å². The molecule has 0 unspecified atom stereocenters. The van der Waals surface area contributed by atoms with Crippen molar-refractivity contribution >= 4 is 34.5 Å². The molecule has 0 atom stereocenters. The van der Waals surface area contributed by atoms with Crippen molar-refractivity contribution in [1.82, 2.24) is 4.57 Å². The minimum Gasteiger partial charge on any atom is -0.320 e. The number of thiophene rings is 1. The summed E-state index contributed by atoms with van der Waals surface area (Å²) in [6.07, 6.45) is -4.72. The first-order chi connectivity index (χ1) is 11.6. The molecule has 2 aromatic rings. The van der Waals surface area contributed by atoms with Crippen molar-refractivity contribution in [2.24, 2.45) is 0 Å². The number of nitrogens with zero attached hydrogens (tertiary/aromatic N) is 1. The van der Waals surface area contributed by atoms with Crippen LogP contribution in [0.25, 0.3) is 0 Å². The van der Waals surface area contributed by atoms with Gasteiger partial charge in [0, 0.05) is 17.1 Å². The first-order valence-electron chi connectivity index (χ1n) is 6.73. The third kappa shape index (κ3) is 5.02. The van der Waals surface area contributed by atoms with Gasteiger partial charge in [0.25, 0.3) is 11.5 Å². The molecule has 0 saturated heterocycles. The fraction of sp³-hybridized carbons (Fsp3) is 0.286. The Balaban J connectivity index is 2.23. The molecule has 0 bridgehead atoms. The highest BCUT2D eigenvalue weighted by Gasteiger charge is 2.30. The lowest BCUT2D eigenvalue weighted by Crippen LogP contribution is -2.24. The number of nitrogens with one attached hydrogen (secondary N) is 1. The monoisotopic (exact) mass is 400 g/mol. The molecule has 0 saturated carbocycles. The standard InChI is InChI=1S/C14H10ClF5N2O2S/c15-8-4-10(25-11(8)5-14(18,19)20)12(23)21-7-3-9(17)13(24)22(6-7)2-1-16/h3-4,6H,1-2,5H2,(H,21,23). The zero-order valence-corrected chi connectivity index (χ0v) is 13.9. The molecule has 2 aromatic heterocycles. The SMILES string of the molecule is O=C(Nc1cc(F)c(=O)n(CCF)c1)c1cc(Cl)c(CC(F)(F)F)s1. The van der Waals surface area contributed by atoms with Crippen LogP contribution in [-0.2, 0) is 13.0 Å². The number of alkyl halides is 4. The van der Waals surface area contributed by atoms with Crippen LogP contribution < -0.4 is 10.9 Å². The number of hydrogen-bond acceptors (Lipinski definition) is 3. The fourth-order valence-electron chi connectivity index (χ4n) is 1.94. The molecular formula is C14H10ClF5N2O2S. The second kappa shape index (κ2) is 7.52. The number of aromatic nitrogens is 1. The highest BCUT2D eigenvalue weighted by molar-refractivity contribution is 7.14. The molecule has 1 amide bonds. The van der Waals surface area contributed by atoms with Gasteiger partial charge in [-0.2, -0.15) is 13.2 Å². The second-order valence-electron chi connectivity index (χ2n) is 4.89. The Morgan fingerprint density at radius 2 is 2.00 bits per heavy atom. The molecule has 11 heteroatoms. The maximum Gasteiger partial charge on any atom is 0.393 e. The lowest BCUT2D eigenvalue weighted by atomic mass is 10.3. The van der Waals surface area contributed by atoms with Gasteiger partial charge in [-0.25, -0.2) is 8.78 Å². The Bertz CT molecular complexity index is 847. The van der Waals surface area contributed by atoms with Gasteiger partial charge in [0.1, 0.15) is 6.67 Å². The van der Waals surface area contributed by atoms with E-state index in [9.17, 15) is 31.5 Å². The van der Waals surface area contributed by atoms with Gasteiger partial charge in [-0.15, -0.1) is 11.3 Å². The van der Waals surface area contributed by atoms with Crippen molar-refractivity contribution in [2.45, 2.75) is 19.1 Å². The number of rotatable bonds is 5. The van der Waals surface area contributed by atoms with Gasteiger partial charge in [0.2, 0.25) is 0 Å². The van der Waals surface area contributed by atoms with Crippen LogP contribution in [0.5, 0.6) is 0 Å². The summed E-state index contributed by atoms with van der Waals surface area (Å²) in [5.41, 5.74) is -1.19. The first kappa shape index (κ1) is 19.4. The molecule has 136 valence electrons. The highest BCUT2D eigenvalue weighted by atomic mass is 35.5. The van der Waals surface area contributed by atoms with Crippen LogP contribution in [0.3, 0.4) is 0 Å². The van der Waals surface area contributed by atoms with Crippen LogP contribution in [0.1, 0.15) is 14.5 Å². The van der Waals surface area contributed by atoms with Gasteiger partial charge in [-0.1, -0.05) is 11.6 Å². The Morgan fingerprint density at radius 3 is 2.60 bits per heavy atom. The maximum absolute atomic E-state index is 13.5. The lowest BCUT2D eigenvalue weighted by molar-refractivity contribution is -0.126. The maximum atomic E-state index is 13.5. The number of hydrogen-bond donors (Lipinski definition) is 1. The van der Waals surface area contributed by atoms with E-state index in [0.29, 0.717) is 11.3 Å². The molecule has 0 aromatic carbocycles. The summed E-state index contributed by atoms with van der Waals surface area (Å²) < 4.78 is 63.9. The molecule has 0 aliphatic heterocycles. The van der Waals surface area contributed by atoms with Crippen molar-refractivity contribution < 1.29 is 26.7 Å². The van der Waals surface area contributed by atoms with Crippen LogP contribution in [0.2, 0.25) is 5.02 Å². The second-order valence-corrected chi connectivity index (χ2v) is 6.44. The molecule has 0 radical (unpaired) electrons. The van der Waals surface area contributed by atoms with E-state index >= 15 is 0 Å². The Hall–Kier alpha value is -1.94. The average Bonchev–Trinajstić information content (AvgIpc) is 2.84. The Kier molecular flexibility index (Phi) is 5.83. The number of aryl methyl sites for hydroxylation is 1. The summed E-state index contributed by atoms with van der Waals surface area (Å²) >= 11 is 6.24. The molecule has 0 spiro atoms. The molecule has 0 fully saturated rings. The smallest absolute Gasteiger partial charge is 0.320 e. The molecule has 2 heterocycles. The molecule has 25 heavy (non-hydrogen) atoms. The van der Waals surface area contributed by atoms with Crippen molar-refractivity contribution in [2.75, 3.05) is 12.0 Å². The van der Waals surface area contributed by atoms with E-state index in [1.54, 1.807) is 0 Å². The van der Waals surface area contributed by atoms with E-state index in [4.69, 9.17) is 11.6 Å². The van der Waals surface area contributed by atoms with Gasteiger partial charge >= 0.3 is 6.18 Å². The van der Waals surface area contributed by atoms with Crippen molar-refractivity contribution in [3.8, 4) is 0 Å². The topological polar surface area (TPSA) is 51.1 Å². The van der Waals surface area contributed by atoms with Crippen LogP contribution in [0.15, 0.2) is 23.1 Å². The largest absolute Gasteiger partial charge is 0.393 e. The summed E-state index contributed by atoms with van der Waals surface area (Å²) in [6.45, 7) is -1.32. The highest BCUT2D eigenvalue weighted by Crippen LogP contribution is 2.33. The lowest BCUT2D eigenvalue weighted by Gasteiger charge is -2.08. The zero-order valence-electron chi connectivity index (χ0n) is 12.3. The molecular weight excluding hydrogens is 391 g/mol. The van der Waals surface area contributed by atoms with E-state index in [1.807, 2.05) is 0 Å². The quantitative estimate of drug-likeness (QED) is 0.770. The molecule has 4 nitrogen and oxygen atoms in total. The average molecular weight is 401 g/mol. The predicted octanol–water partition coefficient (Wildman–Crippen LogP) is 4.03. The zero-order chi connectivity index (χ0) is 18.8. The van der Waals surface area contributed by atoms with Gasteiger partial charge in [0.15, 0.2) is 5.82 Å². The summed E-state index contributed by atoms with van der Waals surface area (Å²) in [7, 11) is 0. The summed E-state index contributed by atoms with van der Waals surface area (Å²) in [6, 6.07) is 1.80. The third-order valence-corrected chi connectivity index (χ3v) is 4.55.